The second-order valence-corrected chi connectivity index (χ2v) is 6.23. The second kappa shape index (κ2) is 7.47. The number of benzene rings is 2. The normalized spacial score (nSPS) is 13.6. The van der Waals surface area contributed by atoms with Crippen LogP contribution in [0.15, 0.2) is 48.5 Å². The van der Waals surface area contributed by atoms with Gasteiger partial charge in [-0.05, 0) is 54.7 Å². The monoisotopic (exact) mass is 327 g/mol. The minimum absolute atomic E-state index is 0.129. The van der Waals surface area contributed by atoms with Gasteiger partial charge in [-0.3, -0.25) is 4.79 Å². The zero-order valence-electron chi connectivity index (χ0n) is 13.9. The molecule has 1 fully saturated rings. The zero-order valence-corrected chi connectivity index (χ0v) is 13.9. The van der Waals surface area contributed by atoms with Crippen molar-refractivity contribution in [1.82, 2.24) is 4.90 Å². The number of hydrogen-bond acceptors (Lipinski definition) is 2. The molecule has 1 aliphatic rings. The third-order valence-corrected chi connectivity index (χ3v) is 4.31. The van der Waals surface area contributed by atoms with Gasteiger partial charge in [0.15, 0.2) is 0 Å². The summed E-state index contributed by atoms with van der Waals surface area (Å²) in [7, 11) is 1.64. The summed E-state index contributed by atoms with van der Waals surface area (Å²) < 4.78 is 18.6. The van der Waals surface area contributed by atoms with Crippen LogP contribution in [0.25, 0.3) is 0 Å². The molecule has 2 aromatic rings. The number of halogens is 1. The molecule has 0 N–H and O–H groups in total. The molecule has 1 amide bonds. The lowest BCUT2D eigenvalue weighted by atomic mass is 10.1. The fourth-order valence-corrected chi connectivity index (χ4v) is 2.86. The maximum Gasteiger partial charge on any atom is 0.223 e. The molecule has 24 heavy (non-hydrogen) atoms. The molecule has 0 bridgehead atoms. The average Bonchev–Trinajstić information content (AvgIpc) is 3.43. The van der Waals surface area contributed by atoms with E-state index in [9.17, 15) is 9.18 Å². The molecule has 2 aromatic carbocycles. The van der Waals surface area contributed by atoms with Crippen molar-refractivity contribution in [2.75, 3.05) is 7.11 Å². The van der Waals surface area contributed by atoms with Crippen LogP contribution in [0, 0.1) is 5.82 Å². The standard InChI is InChI=1S/C20H22FNO2/c1-24-19-7-3-4-15(13-19)8-11-20(23)22(18-9-10-18)14-16-5-2-6-17(21)12-16/h2-7,12-13,18H,8-11,14H2,1H3. The molecule has 0 radical (unpaired) electrons. The number of rotatable bonds is 7. The Morgan fingerprint density at radius 2 is 1.92 bits per heavy atom. The predicted octanol–water partition coefficient (Wildman–Crippen LogP) is 3.96. The second-order valence-electron chi connectivity index (χ2n) is 6.23. The molecule has 0 spiro atoms. The molecule has 3 rings (SSSR count). The Hall–Kier alpha value is -2.36. The number of ether oxygens (including phenoxy) is 1. The summed E-state index contributed by atoms with van der Waals surface area (Å²) in [5.74, 6) is 0.676. The summed E-state index contributed by atoms with van der Waals surface area (Å²) in [5.41, 5.74) is 1.93. The fraction of sp³-hybridized carbons (Fsp3) is 0.350. The van der Waals surface area contributed by atoms with Gasteiger partial charge in [0.1, 0.15) is 11.6 Å². The van der Waals surface area contributed by atoms with E-state index in [0.717, 1.165) is 29.7 Å². The van der Waals surface area contributed by atoms with Crippen molar-refractivity contribution in [2.45, 2.75) is 38.3 Å². The molecule has 1 aliphatic carbocycles. The van der Waals surface area contributed by atoms with Gasteiger partial charge in [0.05, 0.1) is 7.11 Å². The lowest BCUT2D eigenvalue weighted by Crippen LogP contribution is -2.32. The maximum atomic E-state index is 13.4. The van der Waals surface area contributed by atoms with Crippen molar-refractivity contribution in [2.24, 2.45) is 0 Å². The minimum atomic E-state index is -0.257. The van der Waals surface area contributed by atoms with E-state index in [4.69, 9.17) is 4.74 Å². The van der Waals surface area contributed by atoms with Crippen molar-refractivity contribution in [3.8, 4) is 5.75 Å². The minimum Gasteiger partial charge on any atom is -0.497 e. The predicted molar refractivity (Wildman–Crippen MR) is 91.3 cm³/mol. The van der Waals surface area contributed by atoms with Crippen molar-refractivity contribution in [3.05, 3.63) is 65.5 Å². The molecule has 126 valence electrons. The number of amides is 1. The van der Waals surface area contributed by atoms with Crippen molar-refractivity contribution >= 4 is 5.91 Å². The Morgan fingerprint density at radius 3 is 2.62 bits per heavy atom. The van der Waals surface area contributed by atoms with E-state index in [1.54, 1.807) is 13.2 Å². The summed E-state index contributed by atoms with van der Waals surface area (Å²) in [6.45, 7) is 0.485. The number of hydrogen-bond donors (Lipinski definition) is 0. The molecular formula is C20H22FNO2. The number of aryl methyl sites for hydroxylation is 1. The topological polar surface area (TPSA) is 29.5 Å². The smallest absolute Gasteiger partial charge is 0.223 e. The molecule has 0 aromatic heterocycles. The summed E-state index contributed by atoms with van der Waals surface area (Å²) in [6, 6.07) is 14.6. The van der Waals surface area contributed by atoms with Crippen LogP contribution < -0.4 is 4.74 Å². The number of methoxy groups -OCH3 is 1. The van der Waals surface area contributed by atoms with Crippen LogP contribution in [0.5, 0.6) is 5.75 Å². The summed E-state index contributed by atoms with van der Waals surface area (Å²) in [4.78, 5) is 14.5. The Kier molecular flexibility index (Phi) is 5.14. The van der Waals surface area contributed by atoms with Gasteiger partial charge in [-0.2, -0.15) is 0 Å². The van der Waals surface area contributed by atoms with Gasteiger partial charge in [0.2, 0.25) is 5.91 Å². The van der Waals surface area contributed by atoms with E-state index >= 15 is 0 Å². The Balaban J connectivity index is 1.62. The molecule has 3 nitrogen and oxygen atoms in total. The van der Waals surface area contributed by atoms with Gasteiger partial charge >= 0.3 is 0 Å². The van der Waals surface area contributed by atoms with Crippen molar-refractivity contribution in [3.63, 3.8) is 0 Å². The quantitative estimate of drug-likeness (QED) is 0.770. The summed E-state index contributed by atoms with van der Waals surface area (Å²) in [6.07, 6.45) is 3.22. The van der Waals surface area contributed by atoms with E-state index in [1.807, 2.05) is 35.2 Å². The molecule has 0 heterocycles. The fourth-order valence-electron chi connectivity index (χ4n) is 2.86. The van der Waals surface area contributed by atoms with Crippen LogP contribution >= 0.6 is 0 Å². The van der Waals surface area contributed by atoms with Crippen LogP contribution in [0.3, 0.4) is 0 Å². The largest absolute Gasteiger partial charge is 0.497 e. The maximum absolute atomic E-state index is 13.4. The number of nitrogens with zero attached hydrogens (tertiary/aromatic N) is 1. The SMILES string of the molecule is COc1cccc(CCC(=O)N(Cc2cccc(F)c2)C2CC2)c1. The average molecular weight is 327 g/mol. The van der Waals surface area contributed by atoms with Gasteiger partial charge in [0, 0.05) is 19.0 Å². The molecular weight excluding hydrogens is 305 g/mol. The van der Waals surface area contributed by atoms with Gasteiger partial charge in [-0.15, -0.1) is 0 Å². The first-order valence-corrected chi connectivity index (χ1v) is 8.32. The van der Waals surface area contributed by atoms with E-state index in [2.05, 4.69) is 0 Å². The highest BCUT2D eigenvalue weighted by Crippen LogP contribution is 2.29. The van der Waals surface area contributed by atoms with Gasteiger partial charge in [-0.25, -0.2) is 4.39 Å². The highest BCUT2D eigenvalue weighted by atomic mass is 19.1. The Bertz CT molecular complexity index is 712. The van der Waals surface area contributed by atoms with Gasteiger partial charge in [-0.1, -0.05) is 24.3 Å². The Morgan fingerprint density at radius 1 is 1.17 bits per heavy atom. The van der Waals surface area contributed by atoms with E-state index < -0.39 is 0 Å². The molecule has 0 atom stereocenters. The molecule has 0 saturated heterocycles. The summed E-state index contributed by atoms with van der Waals surface area (Å²) >= 11 is 0. The van der Waals surface area contributed by atoms with Crippen LogP contribution in [-0.2, 0) is 17.8 Å². The van der Waals surface area contributed by atoms with E-state index in [-0.39, 0.29) is 11.7 Å². The van der Waals surface area contributed by atoms with Gasteiger partial charge < -0.3 is 9.64 Å². The number of carbonyl (C=O) groups is 1. The van der Waals surface area contributed by atoms with Gasteiger partial charge in [0.25, 0.3) is 0 Å². The lowest BCUT2D eigenvalue weighted by Gasteiger charge is -2.23. The molecule has 1 saturated carbocycles. The number of carbonyl (C=O) groups excluding carboxylic acids is 1. The first kappa shape index (κ1) is 16.5. The molecule has 0 unspecified atom stereocenters. The first-order chi connectivity index (χ1) is 11.7. The van der Waals surface area contributed by atoms with Crippen LogP contribution in [0.2, 0.25) is 0 Å². The Labute approximate surface area is 142 Å². The third-order valence-electron chi connectivity index (χ3n) is 4.31. The molecule has 0 aliphatic heterocycles. The van der Waals surface area contributed by atoms with Crippen LogP contribution in [0.4, 0.5) is 4.39 Å². The summed E-state index contributed by atoms with van der Waals surface area (Å²) in [5, 5.41) is 0. The van der Waals surface area contributed by atoms with Crippen molar-refractivity contribution < 1.29 is 13.9 Å². The van der Waals surface area contributed by atoms with E-state index in [0.29, 0.717) is 25.4 Å². The highest BCUT2D eigenvalue weighted by molar-refractivity contribution is 5.77. The van der Waals surface area contributed by atoms with E-state index in [1.165, 1.54) is 12.1 Å². The van der Waals surface area contributed by atoms with Crippen LogP contribution in [0.1, 0.15) is 30.4 Å². The molecule has 4 heteroatoms. The van der Waals surface area contributed by atoms with Crippen LogP contribution in [-0.4, -0.2) is 24.0 Å². The highest BCUT2D eigenvalue weighted by Gasteiger charge is 2.32. The third kappa shape index (κ3) is 4.34. The first-order valence-electron chi connectivity index (χ1n) is 8.32. The lowest BCUT2D eigenvalue weighted by molar-refractivity contribution is -0.132. The zero-order chi connectivity index (χ0) is 16.9. The van der Waals surface area contributed by atoms with Crippen molar-refractivity contribution in [1.29, 1.82) is 0 Å².